The van der Waals surface area contributed by atoms with Crippen molar-refractivity contribution in [2.75, 3.05) is 26.7 Å². The van der Waals surface area contributed by atoms with Gasteiger partial charge in [0.25, 0.3) is 5.91 Å². The van der Waals surface area contributed by atoms with Crippen molar-refractivity contribution in [1.82, 2.24) is 9.80 Å². The van der Waals surface area contributed by atoms with Gasteiger partial charge >= 0.3 is 0 Å². The number of hydrogen-bond donors (Lipinski definition) is 0. The lowest BCUT2D eigenvalue weighted by Crippen LogP contribution is -2.44. The molecule has 2 aromatic carbocycles. The molecule has 1 aromatic heterocycles. The molecule has 5 nitrogen and oxygen atoms in total. The third kappa shape index (κ3) is 4.10. The van der Waals surface area contributed by atoms with Crippen molar-refractivity contribution in [2.24, 2.45) is 0 Å². The molecule has 0 aliphatic carbocycles. The van der Waals surface area contributed by atoms with Gasteiger partial charge in [-0.25, -0.2) is 8.78 Å². The standard InChI is InChI=1S/C26H28F2N2O3/c1-32-22-6-2-5-18-16-23(33-24(18)22)25(31)29-12-3-9-26(11-14-29)10-4-13-30(26)17-19-15-20(27)7-8-21(19)28/h2,5-8,15-16H,3-4,9-14,17H2,1H3. The van der Waals surface area contributed by atoms with Crippen LogP contribution in [-0.2, 0) is 6.54 Å². The Labute approximate surface area is 191 Å². The Morgan fingerprint density at radius 3 is 2.70 bits per heavy atom. The van der Waals surface area contributed by atoms with Crippen LogP contribution < -0.4 is 4.74 Å². The molecular formula is C26H28F2N2O3. The highest BCUT2D eigenvalue weighted by molar-refractivity contribution is 5.97. The van der Waals surface area contributed by atoms with Crippen molar-refractivity contribution in [3.05, 3.63) is 65.4 Å². The van der Waals surface area contributed by atoms with Crippen molar-refractivity contribution in [3.8, 4) is 5.75 Å². The molecule has 3 heterocycles. The van der Waals surface area contributed by atoms with E-state index < -0.39 is 5.82 Å². The Bertz CT molecular complexity index is 1180. The lowest BCUT2D eigenvalue weighted by atomic mass is 9.87. The highest BCUT2D eigenvalue weighted by Crippen LogP contribution is 2.40. The highest BCUT2D eigenvalue weighted by Gasteiger charge is 2.42. The topological polar surface area (TPSA) is 45.9 Å². The van der Waals surface area contributed by atoms with Gasteiger partial charge < -0.3 is 14.1 Å². The maximum absolute atomic E-state index is 14.3. The van der Waals surface area contributed by atoms with Gasteiger partial charge in [0.15, 0.2) is 17.1 Å². The number of likely N-dealkylation sites (tertiary alicyclic amines) is 2. The zero-order valence-electron chi connectivity index (χ0n) is 18.8. The summed E-state index contributed by atoms with van der Waals surface area (Å²) in [6, 6.07) is 11.0. The van der Waals surface area contributed by atoms with E-state index in [1.54, 1.807) is 13.2 Å². The minimum absolute atomic E-state index is 0.0924. The summed E-state index contributed by atoms with van der Waals surface area (Å²) in [4.78, 5) is 17.4. The number of nitrogens with zero attached hydrogens (tertiary/aromatic N) is 2. The molecule has 1 amide bonds. The van der Waals surface area contributed by atoms with Crippen LogP contribution in [0.3, 0.4) is 0 Å². The quantitative estimate of drug-likeness (QED) is 0.531. The lowest BCUT2D eigenvalue weighted by molar-refractivity contribution is 0.0709. The van der Waals surface area contributed by atoms with Crippen LogP contribution in [0.2, 0.25) is 0 Å². The molecule has 0 bridgehead atoms. The molecule has 0 N–H and O–H groups in total. The first-order valence-corrected chi connectivity index (χ1v) is 11.5. The van der Waals surface area contributed by atoms with Crippen molar-refractivity contribution in [1.29, 1.82) is 0 Å². The summed E-state index contributed by atoms with van der Waals surface area (Å²) in [5, 5.41) is 0.836. The lowest BCUT2D eigenvalue weighted by Gasteiger charge is -2.38. The van der Waals surface area contributed by atoms with E-state index in [1.807, 2.05) is 23.1 Å². The van der Waals surface area contributed by atoms with Crippen LogP contribution >= 0.6 is 0 Å². The molecule has 0 radical (unpaired) electrons. The second-order valence-corrected chi connectivity index (χ2v) is 9.12. The van der Waals surface area contributed by atoms with Gasteiger partial charge in [0.05, 0.1) is 7.11 Å². The highest BCUT2D eigenvalue weighted by atomic mass is 19.1. The average Bonchev–Trinajstić information content (AvgIpc) is 3.35. The number of methoxy groups -OCH3 is 1. The Hall–Kier alpha value is -2.93. The van der Waals surface area contributed by atoms with E-state index in [0.29, 0.717) is 42.3 Å². The molecule has 3 aromatic rings. The Morgan fingerprint density at radius 2 is 1.88 bits per heavy atom. The number of para-hydroxylation sites is 1. The van der Waals surface area contributed by atoms with Crippen molar-refractivity contribution in [3.63, 3.8) is 0 Å². The van der Waals surface area contributed by atoms with Gasteiger partial charge in [-0.1, -0.05) is 12.1 Å². The van der Waals surface area contributed by atoms with Gasteiger partial charge in [-0.05, 0) is 69.0 Å². The summed E-state index contributed by atoms with van der Waals surface area (Å²) >= 11 is 0. The van der Waals surface area contributed by atoms with Gasteiger partial charge in [0.1, 0.15) is 11.6 Å². The molecule has 0 saturated carbocycles. The monoisotopic (exact) mass is 454 g/mol. The van der Waals surface area contributed by atoms with E-state index in [2.05, 4.69) is 4.90 Å². The second kappa shape index (κ2) is 8.78. The maximum Gasteiger partial charge on any atom is 0.289 e. The summed E-state index contributed by atoms with van der Waals surface area (Å²) in [5.74, 6) is 0.0121. The molecule has 174 valence electrons. The molecule has 2 aliphatic rings. The normalized spacial score (nSPS) is 21.6. The fourth-order valence-electron chi connectivity index (χ4n) is 5.52. The summed E-state index contributed by atoms with van der Waals surface area (Å²) < 4.78 is 39.2. The molecule has 5 rings (SSSR count). The summed E-state index contributed by atoms with van der Waals surface area (Å²) in [6.45, 7) is 2.50. The number of furan rings is 1. The van der Waals surface area contributed by atoms with E-state index in [0.717, 1.165) is 50.1 Å². The molecular weight excluding hydrogens is 426 g/mol. The molecule has 2 fully saturated rings. The second-order valence-electron chi connectivity index (χ2n) is 9.12. The fourth-order valence-corrected chi connectivity index (χ4v) is 5.52. The number of rotatable bonds is 4. The van der Waals surface area contributed by atoms with Gasteiger partial charge in [0.2, 0.25) is 0 Å². The number of fused-ring (bicyclic) bond motifs is 1. The van der Waals surface area contributed by atoms with Gasteiger partial charge in [0, 0.05) is 36.1 Å². The number of hydrogen-bond acceptors (Lipinski definition) is 4. The Morgan fingerprint density at radius 1 is 1.06 bits per heavy atom. The zero-order chi connectivity index (χ0) is 23.0. The van der Waals surface area contributed by atoms with Crippen molar-refractivity contribution in [2.45, 2.75) is 44.2 Å². The number of amides is 1. The molecule has 7 heteroatoms. The van der Waals surface area contributed by atoms with Crippen LogP contribution in [-0.4, -0.2) is 48.0 Å². The van der Waals surface area contributed by atoms with E-state index in [-0.39, 0.29) is 17.3 Å². The molecule has 1 unspecified atom stereocenters. The van der Waals surface area contributed by atoms with Crippen LogP contribution in [0.1, 0.15) is 48.2 Å². The van der Waals surface area contributed by atoms with Gasteiger partial charge in [-0.15, -0.1) is 0 Å². The summed E-state index contributed by atoms with van der Waals surface area (Å²) in [6.07, 6.45) is 4.63. The third-order valence-corrected chi connectivity index (χ3v) is 7.25. The van der Waals surface area contributed by atoms with Gasteiger partial charge in [-0.2, -0.15) is 0 Å². The first-order valence-electron chi connectivity index (χ1n) is 11.5. The van der Waals surface area contributed by atoms with Crippen LogP contribution in [0.5, 0.6) is 5.75 Å². The third-order valence-electron chi connectivity index (χ3n) is 7.25. The Balaban J connectivity index is 1.32. The number of carbonyl (C=O) groups is 1. The molecule has 33 heavy (non-hydrogen) atoms. The van der Waals surface area contributed by atoms with E-state index >= 15 is 0 Å². The maximum atomic E-state index is 14.3. The number of halogens is 2. The van der Waals surface area contributed by atoms with Crippen LogP contribution in [0.4, 0.5) is 8.78 Å². The number of ether oxygens (including phenoxy) is 1. The summed E-state index contributed by atoms with van der Waals surface area (Å²) in [7, 11) is 1.58. The van der Waals surface area contributed by atoms with Crippen LogP contribution in [0, 0.1) is 11.6 Å². The summed E-state index contributed by atoms with van der Waals surface area (Å²) in [5.41, 5.74) is 0.878. The average molecular weight is 455 g/mol. The minimum Gasteiger partial charge on any atom is -0.493 e. The first-order chi connectivity index (χ1) is 16.0. The molecule has 2 saturated heterocycles. The fraction of sp³-hybridized carbons (Fsp3) is 0.423. The van der Waals surface area contributed by atoms with E-state index in [4.69, 9.17) is 9.15 Å². The molecule has 1 atom stereocenters. The smallest absolute Gasteiger partial charge is 0.289 e. The van der Waals surface area contributed by atoms with Gasteiger partial charge in [-0.3, -0.25) is 9.69 Å². The Kier molecular flexibility index (Phi) is 5.83. The number of benzene rings is 2. The first kappa shape index (κ1) is 21.9. The van der Waals surface area contributed by atoms with Crippen LogP contribution in [0.25, 0.3) is 11.0 Å². The molecule has 1 spiro atoms. The van der Waals surface area contributed by atoms with E-state index in [9.17, 15) is 13.6 Å². The zero-order valence-corrected chi connectivity index (χ0v) is 18.8. The molecule has 2 aliphatic heterocycles. The predicted molar refractivity (Wildman–Crippen MR) is 121 cm³/mol. The SMILES string of the molecule is COc1cccc2cc(C(=O)N3CCCC4(CCCN4Cc4cc(F)ccc4F)CC3)oc12. The van der Waals surface area contributed by atoms with Crippen molar-refractivity contribution >= 4 is 16.9 Å². The number of carbonyl (C=O) groups excluding carboxylic acids is 1. The van der Waals surface area contributed by atoms with Crippen LogP contribution in [0.15, 0.2) is 46.9 Å². The van der Waals surface area contributed by atoms with E-state index in [1.165, 1.54) is 12.1 Å². The largest absolute Gasteiger partial charge is 0.493 e. The predicted octanol–water partition coefficient (Wildman–Crippen LogP) is 5.38. The van der Waals surface area contributed by atoms with Crippen molar-refractivity contribution < 1.29 is 22.7 Å². The minimum atomic E-state index is -0.417.